The van der Waals surface area contributed by atoms with Crippen molar-refractivity contribution in [2.75, 3.05) is 26.2 Å². The first-order valence-electron chi connectivity index (χ1n) is 36.2. The molecular formula is C71H107F6N15O23. The number of ether oxygens (including phenoxy) is 2. The Hall–Kier alpha value is -10.9. The number of carbonyl (C=O) groups excluding carboxylic acids is 13. The van der Waals surface area contributed by atoms with Crippen molar-refractivity contribution in [1.82, 2.24) is 58.5 Å². The van der Waals surface area contributed by atoms with Crippen LogP contribution >= 0.6 is 0 Å². The SMILES string of the molecule is CC[C@H](C)[C@@H]1NC(=O)[C@@H](CCCN=C(N)N)NC(=O)[C@H](CC(C)C)NC(=O)[C@H]([C@H](O)C(C)C)NC(=O)[C@@H](NC(=O)[C@H](CC(C)C)NC(=O)[C@H](N)CC(C)C)[C@@H](c2ccccc2)OC(=O)[C@H](CO)NC(=O)[C@H]([C@H](O)C(=O)NCC(=O)OCc2ccccc2)NC(=O)CNC(=O)[C@H]([C@H](C)O)NC1=O.O=C(O)C(F)(F)F.O=C(O)C(F)(F)F. The van der Waals surface area contributed by atoms with Crippen LogP contribution in [0.4, 0.5) is 26.3 Å². The number of rotatable bonds is 27. The number of hydrogen-bond donors (Lipinski definition) is 20. The third-order valence-corrected chi connectivity index (χ3v) is 16.6. The minimum Gasteiger partial charge on any atom is -0.475 e. The minimum absolute atomic E-state index is 0.0295. The summed E-state index contributed by atoms with van der Waals surface area (Å²) in [7, 11) is 0. The van der Waals surface area contributed by atoms with Gasteiger partial charge in [0.1, 0.15) is 61.5 Å². The lowest BCUT2D eigenvalue weighted by atomic mass is 9.95. The lowest BCUT2D eigenvalue weighted by Gasteiger charge is -2.34. The zero-order chi connectivity index (χ0) is 88.1. The molecule has 38 nitrogen and oxygen atoms in total. The summed E-state index contributed by atoms with van der Waals surface area (Å²) in [4.78, 5) is 208. The number of esters is 2. The number of cyclic esters (lactones) is 1. The molecule has 0 saturated carbocycles. The topological polar surface area (TPSA) is 619 Å². The summed E-state index contributed by atoms with van der Waals surface area (Å²) in [5.41, 5.74) is 17.9. The van der Waals surface area contributed by atoms with E-state index in [-0.39, 0.29) is 75.0 Å². The van der Waals surface area contributed by atoms with Gasteiger partial charge in [-0.15, -0.1) is 0 Å². The number of nitrogens with two attached hydrogens (primary N) is 3. The Balaban J connectivity index is 0.00000429. The van der Waals surface area contributed by atoms with E-state index in [0.717, 1.165) is 6.92 Å². The van der Waals surface area contributed by atoms with E-state index >= 15 is 9.59 Å². The molecule has 11 amide bonds. The van der Waals surface area contributed by atoms with Crippen molar-refractivity contribution in [1.29, 1.82) is 0 Å². The van der Waals surface area contributed by atoms with Crippen molar-refractivity contribution in [3.63, 3.8) is 0 Å². The van der Waals surface area contributed by atoms with E-state index in [2.05, 4.69) is 58.2 Å². The smallest absolute Gasteiger partial charge is 0.475 e. The van der Waals surface area contributed by atoms with Gasteiger partial charge in [0.25, 0.3) is 5.91 Å². The summed E-state index contributed by atoms with van der Waals surface area (Å²) in [6.45, 7) is 14.0. The van der Waals surface area contributed by atoms with E-state index in [1.54, 1.807) is 71.9 Å². The molecule has 0 aromatic heterocycles. The Labute approximate surface area is 657 Å². The monoisotopic (exact) mass is 1650 g/mol. The first-order valence-corrected chi connectivity index (χ1v) is 36.2. The van der Waals surface area contributed by atoms with Gasteiger partial charge in [0, 0.05) is 6.54 Å². The number of benzene rings is 2. The minimum atomic E-state index is -5.08. The first kappa shape index (κ1) is 102. The molecule has 1 aliphatic heterocycles. The maximum Gasteiger partial charge on any atom is 0.490 e. The Bertz CT molecular complexity index is 3570. The number of aliphatic imine (C=N–C) groups is 1. The second kappa shape index (κ2) is 49.7. The summed E-state index contributed by atoms with van der Waals surface area (Å²) >= 11 is 0. The summed E-state index contributed by atoms with van der Waals surface area (Å²) in [6, 6.07) is -2.88. The van der Waals surface area contributed by atoms with Crippen molar-refractivity contribution in [2.45, 2.75) is 218 Å². The number of guanidine groups is 1. The zero-order valence-corrected chi connectivity index (χ0v) is 65.1. The fourth-order valence-corrected chi connectivity index (χ4v) is 10.3. The number of carboxylic acid groups (broad SMARTS) is 2. The molecule has 23 N–H and O–H groups in total. The van der Waals surface area contributed by atoms with Crippen LogP contribution in [0.2, 0.25) is 0 Å². The molecule has 0 radical (unpaired) electrons. The van der Waals surface area contributed by atoms with Crippen LogP contribution in [0, 0.1) is 29.6 Å². The van der Waals surface area contributed by atoms with Crippen molar-refractivity contribution < 1.29 is 138 Å². The molecule has 0 unspecified atom stereocenters. The van der Waals surface area contributed by atoms with E-state index in [0.29, 0.717) is 5.56 Å². The summed E-state index contributed by atoms with van der Waals surface area (Å²) < 4.78 is 74.7. The Morgan fingerprint density at radius 2 is 1.10 bits per heavy atom. The second-order valence-electron chi connectivity index (χ2n) is 28.1. The largest absolute Gasteiger partial charge is 0.490 e. The second-order valence-corrected chi connectivity index (χ2v) is 28.1. The molecule has 3 rings (SSSR count). The quantitative estimate of drug-likeness (QED) is 0.0141. The Morgan fingerprint density at radius 1 is 0.609 bits per heavy atom. The summed E-state index contributed by atoms with van der Waals surface area (Å²) in [6.07, 6.45) is -18.6. The molecule has 0 bridgehead atoms. The highest BCUT2D eigenvalue weighted by Crippen LogP contribution is 2.25. The number of halogens is 6. The van der Waals surface area contributed by atoms with Gasteiger partial charge >= 0.3 is 36.2 Å². The lowest BCUT2D eigenvalue weighted by Crippen LogP contribution is -2.64. The number of carbonyl (C=O) groups is 15. The first-order chi connectivity index (χ1) is 53.4. The number of amides is 11. The van der Waals surface area contributed by atoms with E-state index in [4.69, 9.17) is 46.5 Å². The number of aliphatic carboxylic acids is 2. The maximum absolute atomic E-state index is 15.5. The molecule has 646 valence electrons. The van der Waals surface area contributed by atoms with Crippen LogP contribution in [-0.2, 0) is 88.0 Å². The van der Waals surface area contributed by atoms with E-state index in [1.807, 2.05) is 19.2 Å². The van der Waals surface area contributed by atoms with Crippen LogP contribution in [0.15, 0.2) is 65.7 Å². The predicted molar refractivity (Wildman–Crippen MR) is 394 cm³/mol. The lowest BCUT2D eigenvalue weighted by molar-refractivity contribution is -0.193. The molecule has 1 heterocycles. The van der Waals surface area contributed by atoms with Crippen molar-refractivity contribution >= 4 is 94.8 Å². The molecule has 44 heteroatoms. The van der Waals surface area contributed by atoms with Crippen LogP contribution in [0.5, 0.6) is 0 Å². The van der Waals surface area contributed by atoms with Crippen LogP contribution in [-0.4, -0.2) is 243 Å². The van der Waals surface area contributed by atoms with E-state index in [9.17, 15) is 99.5 Å². The van der Waals surface area contributed by atoms with Gasteiger partial charge in [-0.3, -0.25) is 62.5 Å². The number of alkyl halides is 6. The molecule has 1 saturated heterocycles. The summed E-state index contributed by atoms with van der Waals surface area (Å²) in [5.74, 6) is -24.1. The highest BCUT2D eigenvalue weighted by Gasteiger charge is 2.45. The van der Waals surface area contributed by atoms with Gasteiger partial charge in [0.2, 0.25) is 59.1 Å². The number of aliphatic hydroxyl groups excluding tert-OH is 4. The molecule has 1 aliphatic rings. The fourth-order valence-electron chi connectivity index (χ4n) is 10.3. The van der Waals surface area contributed by atoms with Gasteiger partial charge in [-0.1, -0.05) is 136 Å². The van der Waals surface area contributed by atoms with E-state index in [1.165, 1.54) is 44.2 Å². The fraction of sp³-hybridized carbons (Fsp3) is 0.606. The van der Waals surface area contributed by atoms with Crippen molar-refractivity contribution in [2.24, 2.45) is 51.8 Å². The van der Waals surface area contributed by atoms with Crippen molar-refractivity contribution in [3.8, 4) is 0 Å². The average molecular weight is 1650 g/mol. The van der Waals surface area contributed by atoms with Gasteiger partial charge in [-0.2, -0.15) is 26.3 Å². The van der Waals surface area contributed by atoms with Gasteiger partial charge in [0.05, 0.1) is 31.4 Å². The standard InChI is InChI=1S/C67H105N15O19.2C2HF3O2/c1-12-37(10)48-61(94)80-49(38(11)84)60(93)72-29-46(85)78-51(54(88)65(98)73-30-47(86)100-32-39-20-15-13-16-21-39)63(96)77-45(31-83)66(99)101-55(40-22-17-14-18-23-40)52(82-59(92)44(28-35(6)7)75-56(89)41(68)26-33(2)3)64(97)81-50(53(87)36(8)9)62(95)76-43(27-34(4)5)58(91)74-42(57(90)79-48)24-19-25-71-67(69)70;2*3-2(4,5)1(6)7/h13-18,20-23,33-38,41-45,48-55,83-84,87-88H,12,19,24-32,68H2,1-11H3,(H,72,93)(H,73,98)(H,74,91)(H,75,89)(H,76,95)(H,77,96)(H,78,85)(H,79,90)(H,80,94)(H,81,97)(H,82,92)(H4,69,70,71);2*(H,6,7)/t37-,38-,41+,42+,43-,44-,45-,48-,49-,50-,51-,52-,53+,54-,55+;;/m0../s1. The number of nitrogens with one attached hydrogen (secondary N) is 11. The molecular weight excluding hydrogens is 1540 g/mol. The van der Waals surface area contributed by atoms with E-state index < -0.39 is 223 Å². The molecule has 2 aromatic carbocycles. The van der Waals surface area contributed by atoms with Crippen LogP contribution in [0.25, 0.3) is 0 Å². The average Bonchev–Trinajstić information content (AvgIpc) is 0.812. The highest BCUT2D eigenvalue weighted by atomic mass is 19.4. The molecule has 1 fully saturated rings. The molecule has 0 aliphatic carbocycles. The van der Waals surface area contributed by atoms with Gasteiger partial charge < -0.3 is 116 Å². The third kappa shape index (κ3) is 37.8. The number of nitrogens with zero attached hydrogens (tertiary/aromatic N) is 1. The Morgan fingerprint density at radius 3 is 1.60 bits per heavy atom. The molecule has 0 spiro atoms. The van der Waals surface area contributed by atoms with Gasteiger partial charge in [0.15, 0.2) is 24.2 Å². The van der Waals surface area contributed by atoms with Crippen LogP contribution < -0.4 is 75.7 Å². The number of carboxylic acids is 2. The molecule has 2 aromatic rings. The van der Waals surface area contributed by atoms with Crippen LogP contribution in [0.1, 0.15) is 132 Å². The van der Waals surface area contributed by atoms with Gasteiger partial charge in [-0.05, 0) is 79.7 Å². The zero-order valence-electron chi connectivity index (χ0n) is 65.1. The molecule has 15 atom stereocenters. The Kier molecular flexibility index (Phi) is 44.1. The van der Waals surface area contributed by atoms with Crippen LogP contribution in [0.3, 0.4) is 0 Å². The van der Waals surface area contributed by atoms with Gasteiger partial charge in [-0.25, -0.2) is 14.4 Å². The maximum atomic E-state index is 15.5. The number of aliphatic hydroxyl groups is 4. The predicted octanol–water partition coefficient (Wildman–Crippen LogP) is -2.79. The summed E-state index contributed by atoms with van der Waals surface area (Å²) in [5, 5.41) is 85.8. The normalized spacial score (nSPS) is 21.7. The molecule has 115 heavy (non-hydrogen) atoms. The van der Waals surface area contributed by atoms with Crippen molar-refractivity contribution in [3.05, 3.63) is 71.8 Å². The third-order valence-electron chi connectivity index (χ3n) is 16.6. The number of hydrogen-bond acceptors (Lipinski definition) is 23. The highest BCUT2D eigenvalue weighted by molar-refractivity contribution is 6.01.